The molecule has 5 nitrogen and oxygen atoms in total. The van der Waals surface area contributed by atoms with Crippen LogP contribution in [0.15, 0.2) is 0 Å². The largest absolute Gasteiger partial charge is 0.481 e. The molecule has 116 valence electrons. The maximum absolute atomic E-state index is 11.9. The van der Waals surface area contributed by atoms with Crippen LogP contribution in [0.4, 0.5) is 13.2 Å². The number of carboxylic acid groups (broad SMARTS) is 1. The SMILES string of the molecule is CC1CC(=O)N(CCOCC(F)(F)F)C(C)C1C(=O)O. The smallest absolute Gasteiger partial charge is 0.411 e. The second-order valence-corrected chi connectivity index (χ2v) is 5.04. The number of ether oxygens (including phenoxy) is 1. The van der Waals surface area contributed by atoms with Gasteiger partial charge in [-0.25, -0.2) is 0 Å². The van der Waals surface area contributed by atoms with E-state index >= 15 is 0 Å². The number of likely N-dealkylation sites (tertiary alicyclic amines) is 1. The van der Waals surface area contributed by atoms with Crippen molar-refractivity contribution in [1.82, 2.24) is 4.90 Å². The Kier molecular flexibility index (Phi) is 5.38. The number of halogens is 3. The van der Waals surface area contributed by atoms with Crippen LogP contribution in [0.1, 0.15) is 20.3 Å². The van der Waals surface area contributed by atoms with E-state index in [1.54, 1.807) is 13.8 Å². The highest BCUT2D eigenvalue weighted by Crippen LogP contribution is 2.29. The maximum Gasteiger partial charge on any atom is 0.411 e. The predicted octanol–water partition coefficient (Wildman–Crippen LogP) is 1.52. The van der Waals surface area contributed by atoms with E-state index in [1.807, 2.05) is 0 Å². The summed E-state index contributed by atoms with van der Waals surface area (Å²) in [7, 11) is 0. The Balaban J connectivity index is 2.55. The minimum Gasteiger partial charge on any atom is -0.481 e. The molecule has 1 rings (SSSR count). The van der Waals surface area contributed by atoms with Crippen molar-refractivity contribution < 1.29 is 32.6 Å². The van der Waals surface area contributed by atoms with Crippen LogP contribution in [0.5, 0.6) is 0 Å². The maximum atomic E-state index is 11.9. The number of carbonyl (C=O) groups is 2. The minimum atomic E-state index is -4.41. The molecule has 0 saturated carbocycles. The van der Waals surface area contributed by atoms with Gasteiger partial charge >= 0.3 is 12.1 Å². The first kappa shape index (κ1) is 16.7. The Morgan fingerprint density at radius 3 is 2.55 bits per heavy atom. The molecule has 0 aliphatic carbocycles. The average molecular weight is 297 g/mol. The standard InChI is InChI=1S/C12H18F3NO4/c1-7-5-9(17)16(8(2)10(7)11(18)19)3-4-20-6-12(13,14)15/h7-8,10H,3-6H2,1-2H3,(H,18,19). The zero-order chi connectivity index (χ0) is 15.5. The van der Waals surface area contributed by atoms with Crippen LogP contribution in [0.3, 0.4) is 0 Å². The lowest BCUT2D eigenvalue weighted by atomic mass is 9.81. The molecular formula is C12H18F3NO4. The van der Waals surface area contributed by atoms with E-state index in [2.05, 4.69) is 4.74 Å². The molecule has 0 aromatic rings. The highest BCUT2D eigenvalue weighted by atomic mass is 19.4. The van der Waals surface area contributed by atoms with Crippen molar-refractivity contribution in [3.8, 4) is 0 Å². The van der Waals surface area contributed by atoms with Gasteiger partial charge in [0, 0.05) is 19.0 Å². The molecule has 0 aromatic carbocycles. The van der Waals surface area contributed by atoms with Gasteiger partial charge in [0.2, 0.25) is 5.91 Å². The van der Waals surface area contributed by atoms with Gasteiger partial charge < -0.3 is 14.7 Å². The molecule has 8 heteroatoms. The van der Waals surface area contributed by atoms with Crippen molar-refractivity contribution in [1.29, 1.82) is 0 Å². The number of carbonyl (C=O) groups excluding carboxylic acids is 1. The second-order valence-electron chi connectivity index (χ2n) is 5.04. The van der Waals surface area contributed by atoms with E-state index in [4.69, 9.17) is 5.11 Å². The number of hydrogen-bond acceptors (Lipinski definition) is 3. The average Bonchev–Trinajstić information content (AvgIpc) is 2.24. The number of piperidine rings is 1. The summed E-state index contributed by atoms with van der Waals surface area (Å²) in [5.74, 6) is -2.26. The van der Waals surface area contributed by atoms with Gasteiger partial charge in [-0.05, 0) is 12.8 Å². The monoisotopic (exact) mass is 297 g/mol. The summed E-state index contributed by atoms with van der Waals surface area (Å²) in [5, 5.41) is 9.14. The molecule has 1 amide bonds. The number of alkyl halides is 3. The van der Waals surface area contributed by atoms with E-state index in [-0.39, 0.29) is 31.4 Å². The van der Waals surface area contributed by atoms with Crippen LogP contribution in [0, 0.1) is 11.8 Å². The molecule has 20 heavy (non-hydrogen) atoms. The molecule has 3 unspecified atom stereocenters. The van der Waals surface area contributed by atoms with Crippen molar-refractivity contribution >= 4 is 11.9 Å². The van der Waals surface area contributed by atoms with Gasteiger partial charge in [-0.1, -0.05) is 6.92 Å². The second kappa shape index (κ2) is 6.43. The zero-order valence-electron chi connectivity index (χ0n) is 11.3. The number of carboxylic acids is 1. The topological polar surface area (TPSA) is 66.8 Å². The fourth-order valence-corrected chi connectivity index (χ4v) is 2.54. The Bertz CT molecular complexity index is 372. The summed E-state index contributed by atoms with van der Waals surface area (Å²) >= 11 is 0. The highest BCUT2D eigenvalue weighted by Gasteiger charge is 2.41. The summed E-state index contributed by atoms with van der Waals surface area (Å²) < 4.78 is 40.2. The third-order valence-electron chi connectivity index (χ3n) is 3.47. The van der Waals surface area contributed by atoms with Gasteiger partial charge in [0.05, 0.1) is 12.5 Å². The van der Waals surface area contributed by atoms with Crippen LogP contribution in [-0.2, 0) is 14.3 Å². The minimum absolute atomic E-state index is 0.0351. The first-order valence-electron chi connectivity index (χ1n) is 6.30. The van der Waals surface area contributed by atoms with Crippen LogP contribution >= 0.6 is 0 Å². The molecule has 1 aliphatic heterocycles. The molecular weight excluding hydrogens is 279 g/mol. The summed E-state index contributed by atoms with van der Waals surface area (Å²) in [4.78, 5) is 24.3. The molecule has 0 bridgehead atoms. The number of hydrogen-bond donors (Lipinski definition) is 1. The first-order chi connectivity index (χ1) is 9.13. The molecule has 1 aliphatic rings. The number of amides is 1. The normalized spacial score (nSPS) is 27.8. The number of nitrogens with zero attached hydrogens (tertiary/aromatic N) is 1. The van der Waals surface area contributed by atoms with Crippen molar-refractivity contribution in [3.05, 3.63) is 0 Å². The number of rotatable bonds is 5. The molecule has 0 spiro atoms. The molecule has 1 N–H and O–H groups in total. The van der Waals surface area contributed by atoms with E-state index in [0.29, 0.717) is 0 Å². The Hall–Kier alpha value is -1.31. The molecule has 3 atom stereocenters. The van der Waals surface area contributed by atoms with Gasteiger partial charge in [0.25, 0.3) is 0 Å². The van der Waals surface area contributed by atoms with Crippen LogP contribution in [0.2, 0.25) is 0 Å². The van der Waals surface area contributed by atoms with E-state index < -0.39 is 30.7 Å². The lowest BCUT2D eigenvalue weighted by Crippen LogP contribution is -2.53. The fourth-order valence-electron chi connectivity index (χ4n) is 2.54. The highest BCUT2D eigenvalue weighted by molar-refractivity contribution is 5.81. The summed E-state index contributed by atoms with van der Waals surface area (Å²) in [5.41, 5.74) is 0. The molecule has 1 heterocycles. The van der Waals surface area contributed by atoms with E-state index in [9.17, 15) is 22.8 Å². The van der Waals surface area contributed by atoms with Crippen molar-refractivity contribution in [2.45, 2.75) is 32.5 Å². The van der Waals surface area contributed by atoms with Gasteiger partial charge in [-0.15, -0.1) is 0 Å². The van der Waals surface area contributed by atoms with Crippen molar-refractivity contribution in [2.75, 3.05) is 19.8 Å². The Morgan fingerprint density at radius 2 is 2.05 bits per heavy atom. The van der Waals surface area contributed by atoms with Gasteiger partial charge in [0.15, 0.2) is 0 Å². The predicted molar refractivity (Wildman–Crippen MR) is 63.0 cm³/mol. The zero-order valence-corrected chi connectivity index (χ0v) is 11.3. The number of aliphatic carboxylic acids is 1. The summed E-state index contributed by atoms with van der Waals surface area (Å²) in [6.45, 7) is 1.60. The van der Waals surface area contributed by atoms with Gasteiger partial charge in [-0.2, -0.15) is 13.2 Å². The van der Waals surface area contributed by atoms with Crippen molar-refractivity contribution in [2.24, 2.45) is 11.8 Å². The van der Waals surface area contributed by atoms with Crippen LogP contribution < -0.4 is 0 Å². The lowest BCUT2D eigenvalue weighted by molar-refractivity contribution is -0.176. The molecule has 1 fully saturated rings. The Labute approximate surface area is 114 Å². The Morgan fingerprint density at radius 1 is 1.45 bits per heavy atom. The summed E-state index contributed by atoms with van der Waals surface area (Å²) in [6.07, 6.45) is -4.32. The third-order valence-corrected chi connectivity index (χ3v) is 3.47. The van der Waals surface area contributed by atoms with Crippen LogP contribution in [-0.4, -0.2) is 53.9 Å². The molecule has 1 saturated heterocycles. The lowest BCUT2D eigenvalue weighted by Gasteiger charge is -2.40. The van der Waals surface area contributed by atoms with Gasteiger partial charge in [0.1, 0.15) is 6.61 Å². The summed E-state index contributed by atoms with van der Waals surface area (Å²) in [6, 6.07) is -0.557. The quantitative estimate of drug-likeness (QED) is 0.781. The molecule has 0 aromatic heterocycles. The van der Waals surface area contributed by atoms with Crippen LogP contribution in [0.25, 0.3) is 0 Å². The van der Waals surface area contributed by atoms with Crippen molar-refractivity contribution in [3.63, 3.8) is 0 Å². The third kappa shape index (κ3) is 4.36. The van der Waals surface area contributed by atoms with Gasteiger partial charge in [-0.3, -0.25) is 9.59 Å². The van der Waals surface area contributed by atoms with E-state index in [0.717, 1.165) is 0 Å². The first-order valence-corrected chi connectivity index (χ1v) is 6.30. The van der Waals surface area contributed by atoms with E-state index in [1.165, 1.54) is 4.90 Å². The molecule has 0 radical (unpaired) electrons. The fraction of sp³-hybridized carbons (Fsp3) is 0.833.